The normalized spacial score (nSPS) is 46.1. The van der Waals surface area contributed by atoms with Gasteiger partial charge < -0.3 is 29.2 Å². The SMILES string of the molecule is COC(=O)C1=C2Nc3ccccc3[C@@]23CCN2C[C@]4(C[C@@H]5C[C@]67CC(=O)O[C@H]6CCN6CC[C@@]8(c9cccc(OC)c9N(C4)[C@@H]58)[C@@H]67)[C@@H]4OCC[C@]4(C1)[C@H]23. The molecule has 1 N–H and O–H groups in total. The Kier molecular flexibility index (Phi) is 5.56. The molecule has 11 aliphatic rings. The van der Waals surface area contributed by atoms with Gasteiger partial charge in [0.2, 0.25) is 0 Å². The van der Waals surface area contributed by atoms with E-state index in [-0.39, 0.29) is 63.3 Å². The number of nitrogens with zero attached hydrogens (tertiary/aromatic N) is 3. The summed E-state index contributed by atoms with van der Waals surface area (Å²) >= 11 is 0. The molecule has 9 heterocycles. The zero-order chi connectivity index (χ0) is 35.3. The van der Waals surface area contributed by atoms with E-state index in [0.29, 0.717) is 31.4 Å². The molecule has 8 fully saturated rings. The van der Waals surface area contributed by atoms with Crippen molar-refractivity contribution in [1.29, 1.82) is 0 Å². The molecule has 5 spiro atoms. The third-order valence-corrected chi connectivity index (χ3v) is 17.4. The van der Waals surface area contributed by atoms with Crippen LogP contribution in [0.1, 0.15) is 62.5 Å². The molecule has 2 aromatic rings. The summed E-state index contributed by atoms with van der Waals surface area (Å²) in [6.45, 7) is 5.63. The van der Waals surface area contributed by atoms with E-state index in [1.54, 1.807) is 0 Å². The van der Waals surface area contributed by atoms with Gasteiger partial charge >= 0.3 is 11.9 Å². The maximum Gasteiger partial charge on any atom is 0.335 e. The van der Waals surface area contributed by atoms with Crippen LogP contribution in [-0.2, 0) is 34.6 Å². The van der Waals surface area contributed by atoms with Crippen molar-refractivity contribution in [2.75, 3.05) is 63.8 Å². The van der Waals surface area contributed by atoms with Gasteiger partial charge in [0.25, 0.3) is 0 Å². The monoisotopic (exact) mass is 716 g/mol. The van der Waals surface area contributed by atoms with E-state index in [0.717, 1.165) is 94.0 Å². The number of benzene rings is 2. The Labute approximate surface area is 310 Å². The van der Waals surface area contributed by atoms with E-state index >= 15 is 0 Å². The number of para-hydroxylation sites is 2. The van der Waals surface area contributed by atoms with Crippen LogP contribution in [0.2, 0.25) is 0 Å². The Bertz CT molecular complexity index is 2090. The van der Waals surface area contributed by atoms with E-state index in [2.05, 4.69) is 62.5 Å². The molecule has 276 valence electrons. The number of carbonyl (C=O) groups excluding carboxylic acids is 2. The summed E-state index contributed by atoms with van der Waals surface area (Å²) < 4.78 is 25.5. The molecule has 1 saturated carbocycles. The molecule has 0 amide bonds. The van der Waals surface area contributed by atoms with E-state index in [1.807, 2.05) is 7.11 Å². The first-order chi connectivity index (χ1) is 25.8. The molecule has 2 aromatic carbocycles. The van der Waals surface area contributed by atoms with Crippen LogP contribution in [0.15, 0.2) is 53.7 Å². The lowest BCUT2D eigenvalue weighted by Gasteiger charge is -2.68. The van der Waals surface area contributed by atoms with Crippen molar-refractivity contribution in [2.45, 2.75) is 92.5 Å². The highest BCUT2D eigenvalue weighted by molar-refractivity contribution is 5.93. The van der Waals surface area contributed by atoms with Gasteiger partial charge in [-0.25, -0.2) is 4.79 Å². The highest BCUT2D eigenvalue weighted by Crippen LogP contribution is 2.75. The van der Waals surface area contributed by atoms with Crippen molar-refractivity contribution in [3.63, 3.8) is 0 Å². The second-order valence-electron chi connectivity index (χ2n) is 18.9. The number of nitrogens with one attached hydrogen (secondary N) is 1. The van der Waals surface area contributed by atoms with Gasteiger partial charge in [0.1, 0.15) is 11.9 Å². The van der Waals surface area contributed by atoms with E-state index in [1.165, 1.54) is 23.9 Å². The maximum atomic E-state index is 14.0. The summed E-state index contributed by atoms with van der Waals surface area (Å²) in [6.07, 6.45) is 7.16. The number of rotatable bonds is 2. The van der Waals surface area contributed by atoms with Gasteiger partial charge in [-0.1, -0.05) is 30.3 Å². The number of fused-ring (bicyclic) bond motifs is 4. The summed E-state index contributed by atoms with van der Waals surface area (Å²) in [5.74, 6) is 1.11. The minimum absolute atomic E-state index is 0.00451. The molecule has 53 heavy (non-hydrogen) atoms. The molecule has 0 unspecified atom stereocenters. The highest BCUT2D eigenvalue weighted by atomic mass is 16.6. The van der Waals surface area contributed by atoms with Crippen LogP contribution in [0, 0.1) is 22.2 Å². The molecular weight excluding hydrogens is 668 g/mol. The number of hydrogen-bond donors (Lipinski definition) is 1. The van der Waals surface area contributed by atoms with Crippen molar-refractivity contribution >= 4 is 23.3 Å². The molecule has 0 bridgehead atoms. The van der Waals surface area contributed by atoms with Crippen LogP contribution >= 0.6 is 0 Å². The minimum atomic E-state index is -0.294. The summed E-state index contributed by atoms with van der Waals surface area (Å²) in [6, 6.07) is 16.4. The zero-order valence-corrected chi connectivity index (χ0v) is 30.7. The number of hydrogen-bond acceptors (Lipinski definition) is 10. The second-order valence-corrected chi connectivity index (χ2v) is 18.9. The third-order valence-electron chi connectivity index (χ3n) is 17.4. The van der Waals surface area contributed by atoms with Gasteiger partial charge in [-0.3, -0.25) is 14.6 Å². The number of anilines is 2. The summed E-state index contributed by atoms with van der Waals surface area (Å²) in [5.41, 5.74) is 6.06. The largest absolute Gasteiger partial charge is 0.495 e. The molecule has 0 radical (unpaired) electrons. The van der Waals surface area contributed by atoms with Crippen LogP contribution in [0.25, 0.3) is 0 Å². The fourth-order valence-electron chi connectivity index (χ4n) is 16.7. The van der Waals surface area contributed by atoms with Gasteiger partial charge in [0.15, 0.2) is 0 Å². The molecule has 10 nitrogen and oxygen atoms in total. The topological polar surface area (TPSA) is 92.8 Å². The Hall–Kier alpha value is -3.60. The Balaban J connectivity index is 1.01. The van der Waals surface area contributed by atoms with E-state index < -0.39 is 0 Å². The predicted molar refractivity (Wildman–Crippen MR) is 195 cm³/mol. The van der Waals surface area contributed by atoms with Gasteiger partial charge in [-0.2, -0.15) is 0 Å². The summed E-state index contributed by atoms with van der Waals surface area (Å²) in [4.78, 5) is 35.8. The van der Waals surface area contributed by atoms with Crippen LogP contribution < -0.4 is 15.0 Å². The van der Waals surface area contributed by atoms with E-state index in [9.17, 15) is 9.59 Å². The molecule has 13 rings (SSSR count). The average Bonchev–Trinajstić information content (AvgIpc) is 4.01. The molecule has 0 aromatic heterocycles. The smallest absolute Gasteiger partial charge is 0.335 e. The van der Waals surface area contributed by atoms with Crippen LogP contribution in [-0.4, -0.2) is 106 Å². The van der Waals surface area contributed by atoms with Crippen molar-refractivity contribution in [3.8, 4) is 5.75 Å². The van der Waals surface area contributed by atoms with Crippen molar-refractivity contribution < 1.29 is 28.5 Å². The highest BCUT2D eigenvalue weighted by Gasteiger charge is 2.80. The number of esters is 2. The first-order valence-electron chi connectivity index (χ1n) is 20.3. The summed E-state index contributed by atoms with van der Waals surface area (Å²) in [7, 11) is 3.36. The predicted octanol–water partition coefficient (Wildman–Crippen LogP) is 4.37. The molecular formula is C43H48N4O6. The molecule has 11 atom stereocenters. The lowest BCUT2D eigenvalue weighted by Crippen LogP contribution is -2.76. The quantitative estimate of drug-likeness (QED) is 0.452. The van der Waals surface area contributed by atoms with Gasteiger partial charge in [0.05, 0.1) is 43.4 Å². The second kappa shape index (κ2) is 9.61. The van der Waals surface area contributed by atoms with Gasteiger partial charge in [-0.05, 0) is 87.2 Å². The standard InChI is InChI=1S/C43H48N4O6/c1-50-29-9-5-7-27-32(29)47-23-39(18-24-19-41-21-31(48)53-30(41)10-14-45-15-12-43(27,34(24)47)37(41)45)22-46-16-11-42-26-6-3-4-8-28(26)44-33(42)25(35(49)51-2)20-40(36(42)46)13-17-52-38(39)40/h3-9,24,30,34,36-38,44H,10-23H2,1-2H3/t24-,30+,34+,36+,37+,38+,39+,40+,41+,42+,43+/m1/s1. The van der Waals surface area contributed by atoms with Crippen LogP contribution in [0.5, 0.6) is 5.75 Å². The molecule has 10 heteroatoms. The average molecular weight is 717 g/mol. The first-order valence-corrected chi connectivity index (χ1v) is 20.3. The zero-order valence-electron chi connectivity index (χ0n) is 30.7. The Morgan fingerprint density at radius 2 is 1.77 bits per heavy atom. The molecule has 9 aliphatic heterocycles. The number of ether oxygens (including phenoxy) is 4. The Morgan fingerprint density at radius 1 is 0.906 bits per heavy atom. The fraction of sp³-hybridized carbons (Fsp3) is 0.628. The van der Waals surface area contributed by atoms with Crippen molar-refractivity contribution in [1.82, 2.24) is 9.80 Å². The molecule has 7 saturated heterocycles. The Morgan fingerprint density at radius 3 is 2.66 bits per heavy atom. The van der Waals surface area contributed by atoms with Crippen molar-refractivity contribution in [2.24, 2.45) is 22.2 Å². The number of piperidine rings is 3. The first kappa shape index (κ1) is 30.7. The molecule has 2 aliphatic carbocycles. The third kappa shape index (κ3) is 3.17. The minimum Gasteiger partial charge on any atom is -0.495 e. The van der Waals surface area contributed by atoms with Crippen LogP contribution in [0.3, 0.4) is 0 Å². The number of carbonyl (C=O) groups is 2. The lowest BCUT2D eigenvalue weighted by atomic mass is 9.44. The maximum absolute atomic E-state index is 14.0. The van der Waals surface area contributed by atoms with E-state index in [4.69, 9.17) is 18.9 Å². The number of methoxy groups -OCH3 is 2. The van der Waals surface area contributed by atoms with Crippen molar-refractivity contribution in [3.05, 3.63) is 64.9 Å². The van der Waals surface area contributed by atoms with Gasteiger partial charge in [-0.15, -0.1) is 0 Å². The van der Waals surface area contributed by atoms with Crippen LogP contribution in [0.4, 0.5) is 11.4 Å². The fourth-order valence-corrected chi connectivity index (χ4v) is 16.7. The lowest BCUT2D eigenvalue weighted by molar-refractivity contribution is -0.175. The summed E-state index contributed by atoms with van der Waals surface area (Å²) in [5, 5.41) is 3.79. The van der Waals surface area contributed by atoms with Gasteiger partial charge in [0, 0.05) is 77.4 Å².